The maximum atomic E-state index is 10.1. The molecule has 1 unspecified atom stereocenters. The second-order valence-electron chi connectivity index (χ2n) is 1.04. The molecule has 0 aromatic carbocycles. The lowest BCUT2D eigenvalue weighted by molar-refractivity contribution is -0.116. The van der Waals surface area contributed by atoms with E-state index in [1.54, 1.807) is 7.05 Å². The first-order chi connectivity index (χ1) is 3.18. The lowest BCUT2D eigenvalue weighted by atomic mass is 10.5. The van der Waals surface area contributed by atoms with Crippen LogP contribution in [0.25, 0.3) is 0 Å². The minimum Gasteiger partial charge on any atom is -0.313 e. The van der Waals surface area contributed by atoms with Gasteiger partial charge in [0.15, 0.2) is 0 Å². The smallest absolute Gasteiger partial charge is 0.143 e. The van der Waals surface area contributed by atoms with E-state index in [0.29, 0.717) is 0 Å². The van der Waals surface area contributed by atoms with Crippen molar-refractivity contribution in [3.8, 4) is 0 Å². The molecule has 0 aliphatic rings. The highest BCUT2D eigenvalue weighted by atomic mass is 16.1. The van der Waals surface area contributed by atoms with Crippen LogP contribution in [0.5, 0.6) is 0 Å². The number of hydrogen-bond acceptors (Lipinski definition) is 2. The Morgan fingerprint density at radius 2 is 2.67 bits per heavy atom. The fourth-order valence-electron chi connectivity index (χ4n) is 0.203. The van der Waals surface area contributed by atoms with Gasteiger partial charge in [0.2, 0.25) is 0 Å². The number of rotatable bonds is 2. The van der Waals surface area contributed by atoms with E-state index in [4.69, 9.17) is 1.37 Å². The highest BCUT2D eigenvalue weighted by Crippen LogP contribution is 1.57. The molecule has 0 spiro atoms. The maximum absolute atomic E-state index is 10.1. The number of Topliss-reactive ketones (excluding diaryl/α,β-unsaturated/α-hetero) is 1. The van der Waals surface area contributed by atoms with Gasteiger partial charge in [-0.05, 0) is 14.0 Å². The van der Waals surface area contributed by atoms with E-state index in [0.717, 1.165) is 0 Å². The highest BCUT2D eigenvalue weighted by Gasteiger charge is 1.82. The number of carbonyl (C=O) groups excluding carboxylic acids is 1. The molecule has 0 saturated carbocycles. The van der Waals surface area contributed by atoms with Gasteiger partial charge < -0.3 is 5.32 Å². The van der Waals surface area contributed by atoms with Crippen LogP contribution in [0.4, 0.5) is 0 Å². The third-order valence-electron chi connectivity index (χ3n) is 0.348. The summed E-state index contributed by atoms with van der Waals surface area (Å²) in [6, 6.07) is 0. The molecule has 0 saturated heterocycles. The van der Waals surface area contributed by atoms with E-state index in [1.807, 2.05) is 0 Å². The first-order valence-electron chi connectivity index (χ1n) is 2.36. The van der Waals surface area contributed by atoms with Gasteiger partial charge in [-0.1, -0.05) is 0 Å². The number of likely N-dealkylation sites (N-methyl/N-ethyl adjacent to an activating group) is 1. The molecule has 0 rings (SSSR count). The van der Waals surface area contributed by atoms with Crippen LogP contribution in [0.3, 0.4) is 0 Å². The molecule has 1 atom stereocenters. The molecule has 0 radical (unpaired) electrons. The van der Waals surface area contributed by atoms with Gasteiger partial charge in [-0.2, -0.15) is 0 Å². The van der Waals surface area contributed by atoms with Gasteiger partial charge in [0.25, 0.3) is 0 Å². The van der Waals surface area contributed by atoms with Crippen LogP contribution < -0.4 is 5.32 Å². The zero-order valence-electron chi connectivity index (χ0n) is 4.99. The molecular formula is C4H9NO. The Morgan fingerprint density at radius 1 is 2.17 bits per heavy atom. The van der Waals surface area contributed by atoms with Gasteiger partial charge in [0.1, 0.15) is 5.78 Å². The number of nitrogens with one attached hydrogen (secondary N) is 1. The number of ketones is 1. The Labute approximate surface area is 39.0 Å². The number of hydrogen-bond donors (Lipinski definition) is 1. The van der Waals surface area contributed by atoms with Crippen molar-refractivity contribution < 1.29 is 6.17 Å². The molecule has 0 aliphatic heterocycles. The van der Waals surface area contributed by atoms with Gasteiger partial charge in [-0.3, -0.25) is 4.79 Å². The Bertz CT molecular complexity index is 74.1. The van der Waals surface area contributed by atoms with Crippen molar-refractivity contribution in [2.24, 2.45) is 0 Å². The zero-order valence-corrected chi connectivity index (χ0v) is 3.99. The summed E-state index contributed by atoms with van der Waals surface area (Å²) in [6.45, 7) is 0.647. The van der Waals surface area contributed by atoms with Crippen molar-refractivity contribution in [2.75, 3.05) is 13.6 Å². The Hall–Kier alpha value is -0.370. The van der Waals surface area contributed by atoms with Gasteiger partial charge in [-0.15, -0.1) is 0 Å². The first-order valence-corrected chi connectivity index (χ1v) is 1.78. The molecule has 2 nitrogen and oxygen atoms in total. The lowest BCUT2D eigenvalue weighted by Gasteiger charge is -1.85. The van der Waals surface area contributed by atoms with Crippen LogP contribution in [0, 0.1) is 0 Å². The molecule has 6 heavy (non-hydrogen) atoms. The molecule has 0 fully saturated rings. The van der Waals surface area contributed by atoms with Crippen LogP contribution in [0.15, 0.2) is 0 Å². The first kappa shape index (κ1) is 3.81. The van der Waals surface area contributed by atoms with Crippen LogP contribution >= 0.6 is 0 Å². The molecule has 0 aliphatic carbocycles. The molecule has 0 amide bonds. The summed E-state index contributed by atoms with van der Waals surface area (Å²) in [6.07, 6.45) is 0. The van der Waals surface area contributed by atoms with E-state index in [9.17, 15) is 4.79 Å². The SMILES string of the molecule is [3H]C(NC)C(C)=O. The summed E-state index contributed by atoms with van der Waals surface area (Å²) in [5.41, 5.74) is 0. The van der Waals surface area contributed by atoms with Crippen molar-refractivity contribution in [1.82, 2.24) is 5.32 Å². The summed E-state index contributed by atoms with van der Waals surface area (Å²) in [4.78, 5) is 10.1. The topological polar surface area (TPSA) is 29.1 Å². The third-order valence-corrected chi connectivity index (χ3v) is 0.348. The van der Waals surface area contributed by atoms with E-state index in [1.165, 1.54) is 6.92 Å². The van der Waals surface area contributed by atoms with Crippen molar-refractivity contribution in [2.45, 2.75) is 6.92 Å². The zero-order chi connectivity index (χ0) is 5.86. The standard InChI is InChI=1S/C4H9NO/c1-4(6)3-5-2/h5H,3H2,1-2H3/i3T. The fraction of sp³-hybridized carbons (Fsp3) is 0.750. The molecule has 0 aromatic heterocycles. The second kappa shape index (κ2) is 2.85. The molecule has 0 bridgehead atoms. The van der Waals surface area contributed by atoms with Crippen molar-refractivity contribution in [3.63, 3.8) is 0 Å². The number of carbonyl (C=O) groups is 1. The third kappa shape index (κ3) is 3.63. The van der Waals surface area contributed by atoms with Gasteiger partial charge >= 0.3 is 0 Å². The molecule has 0 aromatic rings. The van der Waals surface area contributed by atoms with Crippen LogP contribution in [-0.4, -0.2) is 19.4 Å². The lowest BCUT2D eigenvalue weighted by Crippen LogP contribution is -2.14. The van der Waals surface area contributed by atoms with Gasteiger partial charge in [0.05, 0.1) is 7.89 Å². The van der Waals surface area contributed by atoms with Crippen molar-refractivity contribution in [3.05, 3.63) is 0 Å². The maximum Gasteiger partial charge on any atom is 0.143 e. The average Bonchev–Trinajstić information content (AvgIpc) is 1.65. The highest BCUT2D eigenvalue weighted by molar-refractivity contribution is 5.77. The van der Waals surface area contributed by atoms with E-state index >= 15 is 0 Å². The minimum atomic E-state index is -0.736. The summed E-state index contributed by atoms with van der Waals surface area (Å²) in [5.74, 6) is -0.150. The quantitative estimate of drug-likeness (QED) is 0.507. The summed E-state index contributed by atoms with van der Waals surface area (Å²) >= 11 is 0. The van der Waals surface area contributed by atoms with Crippen LogP contribution in [0.2, 0.25) is 0 Å². The largest absolute Gasteiger partial charge is 0.313 e. The molecule has 2 heteroatoms. The van der Waals surface area contributed by atoms with Crippen molar-refractivity contribution >= 4 is 5.78 Å². The van der Waals surface area contributed by atoms with E-state index in [-0.39, 0.29) is 5.78 Å². The second-order valence-corrected chi connectivity index (χ2v) is 1.04. The Balaban J connectivity index is 3.34. The van der Waals surface area contributed by atoms with Gasteiger partial charge in [-0.25, -0.2) is 0 Å². The predicted molar refractivity (Wildman–Crippen MR) is 24.6 cm³/mol. The molecule has 1 N–H and O–H groups in total. The summed E-state index contributed by atoms with van der Waals surface area (Å²) < 4.78 is 6.81. The van der Waals surface area contributed by atoms with Crippen LogP contribution in [0.1, 0.15) is 8.29 Å². The Kier molecular flexibility index (Phi) is 1.81. The van der Waals surface area contributed by atoms with Gasteiger partial charge in [0, 0.05) is 0 Å². The van der Waals surface area contributed by atoms with E-state index in [2.05, 4.69) is 5.32 Å². The Morgan fingerprint density at radius 3 is 2.67 bits per heavy atom. The normalized spacial score (nSPS) is 16.0. The molecule has 0 heterocycles. The fourth-order valence-corrected chi connectivity index (χ4v) is 0.203. The van der Waals surface area contributed by atoms with Crippen molar-refractivity contribution in [1.29, 1.82) is 0 Å². The van der Waals surface area contributed by atoms with Crippen LogP contribution in [-0.2, 0) is 4.79 Å². The summed E-state index contributed by atoms with van der Waals surface area (Å²) in [7, 11) is 1.58. The minimum absolute atomic E-state index is 0.150. The average molecular weight is 89.1 g/mol. The van der Waals surface area contributed by atoms with E-state index < -0.39 is 6.52 Å². The monoisotopic (exact) mass is 89.1 g/mol. The summed E-state index contributed by atoms with van der Waals surface area (Å²) in [5, 5.41) is 2.48. The predicted octanol–water partition coefficient (Wildman–Crippen LogP) is -0.205. The molecule has 36 valence electrons. The molecular weight excluding hydrogens is 78.0 g/mol.